The fraction of sp³-hybridized carbons (Fsp3) is 0.350. The second kappa shape index (κ2) is 9.45. The molecule has 4 heteroatoms. The molecular formula is C20H27ClN2O. The molecule has 130 valence electrons. The third-order valence-electron chi connectivity index (χ3n) is 4.27. The van der Waals surface area contributed by atoms with Gasteiger partial charge in [-0.05, 0) is 49.7 Å². The molecule has 2 rings (SSSR count). The highest BCUT2D eigenvalue weighted by Crippen LogP contribution is 2.21. The number of nitrogens with one attached hydrogen (secondary N) is 1. The van der Waals surface area contributed by atoms with Crippen molar-refractivity contribution in [2.24, 2.45) is 0 Å². The van der Waals surface area contributed by atoms with Gasteiger partial charge in [-0.15, -0.1) is 12.4 Å². The number of para-hydroxylation sites is 1. The van der Waals surface area contributed by atoms with Crippen molar-refractivity contribution < 1.29 is 4.79 Å². The van der Waals surface area contributed by atoms with E-state index in [-0.39, 0.29) is 18.3 Å². The summed E-state index contributed by atoms with van der Waals surface area (Å²) in [4.78, 5) is 15.1. The van der Waals surface area contributed by atoms with Crippen LogP contribution in [-0.2, 0) is 6.54 Å². The predicted octanol–water partition coefficient (Wildman–Crippen LogP) is 4.82. The number of amides is 1. The molecule has 0 spiro atoms. The molecule has 0 atom stereocenters. The Hall–Kier alpha value is -1.84. The first-order valence-corrected chi connectivity index (χ1v) is 8.24. The van der Waals surface area contributed by atoms with Crippen LogP contribution in [-0.4, -0.2) is 23.9 Å². The van der Waals surface area contributed by atoms with E-state index in [1.807, 2.05) is 56.3 Å². The molecule has 3 nitrogen and oxygen atoms in total. The lowest BCUT2D eigenvalue weighted by Gasteiger charge is -2.20. The number of carbonyl (C=O) groups excluding carboxylic acids is 1. The van der Waals surface area contributed by atoms with Crippen LogP contribution in [0.1, 0.15) is 40.9 Å². The molecule has 0 radical (unpaired) electrons. The van der Waals surface area contributed by atoms with E-state index in [1.165, 1.54) is 0 Å². The van der Waals surface area contributed by atoms with Gasteiger partial charge in [0.05, 0.1) is 0 Å². The van der Waals surface area contributed by atoms with Gasteiger partial charge in [-0.2, -0.15) is 0 Å². The van der Waals surface area contributed by atoms with Gasteiger partial charge in [0, 0.05) is 17.8 Å². The number of nitrogens with zero attached hydrogens (tertiary/aromatic N) is 1. The number of benzene rings is 2. The summed E-state index contributed by atoms with van der Waals surface area (Å²) in [5, 5.41) is 3.09. The largest absolute Gasteiger partial charge is 0.321 e. The lowest BCUT2D eigenvalue weighted by molar-refractivity contribution is 0.102. The second-order valence-corrected chi connectivity index (χ2v) is 5.84. The van der Waals surface area contributed by atoms with Crippen LogP contribution in [0.3, 0.4) is 0 Å². The van der Waals surface area contributed by atoms with Crippen LogP contribution in [0.15, 0.2) is 42.5 Å². The maximum Gasteiger partial charge on any atom is 0.256 e. The van der Waals surface area contributed by atoms with Crippen LogP contribution < -0.4 is 5.32 Å². The van der Waals surface area contributed by atoms with Crippen molar-refractivity contribution in [1.82, 2.24) is 4.90 Å². The molecule has 0 fully saturated rings. The molecule has 0 saturated heterocycles. The van der Waals surface area contributed by atoms with Crippen LogP contribution >= 0.6 is 12.4 Å². The molecule has 0 aromatic heterocycles. The molecule has 2 aromatic carbocycles. The van der Waals surface area contributed by atoms with Crippen LogP contribution in [0.2, 0.25) is 0 Å². The molecule has 0 heterocycles. The van der Waals surface area contributed by atoms with Crippen molar-refractivity contribution in [3.63, 3.8) is 0 Å². The summed E-state index contributed by atoms with van der Waals surface area (Å²) in [6, 6.07) is 13.9. The van der Waals surface area contributed by atoms with Crippen molar-refractivity contribution in [3.8, 4) is 0 Å². The van der Waals surface area contributed by atoms with E-state index in [9.17, 15) is 4.79 Å². The van der Waals surface area contributed by atoms with Gasteiger partial charge in [-0.3, -0.25) is 9.69 Å². The van der Waals surface area contributed by atoms with Crippen LogP contribution in [0.5, 0.6) is 0 Å². The highest BCUT2D eigenvalue weighted by Gasteiger charge is 2.14. The number of hydrogen-bond donors (Lipinski definition) is 1. The van der Waals surface area contributed by atoms with E-state index >= 15 is 0 Å². The summed E-state index contributed by atoms with van der Waals surface area (Å²) >= 11 is 0. The molecular weight excluding hydrogens is 320 g/mol. The molecule has 0 bridgehead atoms. The van der Waals surface area contributed by atoms with E-state index in [2.05, 4.69) is 24.1 Å². The maximum absolute atomic E-state index is 12.8. The quantitative estimate of drug-likeness (QED) is 0.813. The Morgan fingerprint density at radius 3 is 2.12 bits per heavy atom. The first-order valence-electron chi connectivity index (χ1n) is 8.24. The summed E-state index contributed by atoms with van der Waals surface area (Å²) < 4.78 is 0. The van der Waals surface area contributed by atoms with Gasteiger partial charge in [-0.1, -0.05) is 50.2 Å². The molecule has 2 aromatic rings. The summed E-state index contributed by atoms with van der Waals surface area (Å²) in [6.45, 7) is 11.1. The summed E-state index contributed by atoms with van der Waals surface area (Å²) in [5.74, 6) is -0.0369. The Balaban J connectivity index is 0.00000288. The van der Waals surface area contributed by atoms with Crippen molar-refractivity contribution >= 4 is 24.0 Å². The number of rotatable bonds is 6. The minimum atomic E-state index is -0.0369. The molecule has 0 aliphatic rings. The summed E-state index contributed by atoms with van der Waals surface area (Å²) in [7, 11) is 0. The van der Waals surface area contributed by atoms with E-state index < -0.39 is 0 Å². The minimum absolute atomic E-state index is 0. The Labute approximate surface area is 151 Å². The first-order chi connectivity index (χ1) is 11.1. The van der Waals surface area contributed by atoms with E-state index in [4.69, 9.17) is 0 Å². The number of aryl methyl sites for hydroxylation is 2. The monoisotopic (exact) mass is 346 g/mol. The third kappa shape index (κ3) is 4.83. The third-order valence-corrected chi connectivity index (χ3v) is 4.27. The second-order valence-electron chi connectivity index (χ2n) is 5.84. The fourth-order valence-corrected chi connectivity index (χ4v) is 2.76. The average Bonchev–Trinajstić information content (AvgIpc) is 2.56. The van der Waals surface area contributed by atoms with Gasteiger partial charge in [-0.25, -0.2) is 0 Å². The van der Waals surface area contributed by atoms with Gasteiger partial charge < -0.3 is 5.32 Å². The van der Waals surface area contributed by atoms with Crippen LogP contribution in [0.4, 0.5) is 5.69 Å². The molecule has 0 saturated carbocycles. The first kappa shape index (κ1) is 20.2. The van der Waals surface area contributed by atoms with Crippen molar-refractivity contribution in [2.45, 2.75) is 34.2 Å². The zero-order valence-corrected chi connectivity index (χ0v) is 15.7. The Morgan fingerprint density at radius 2 is 1.54 bits per heavy atom. The molecule has 0 aliphatic carbocycles. The van der Waals surface area contributed by atoms with Crippen molar-refractivity contribution in [2.75, 3.05) is 18.4 Å². The summed E-state index contributed by atoms with van der Waals surface area (Å²) in [6.07, 6.45) is 0. The van der Waals surface area contributed by atoms with Gasteiger partial charge in [0.1, 0.15) is 0 Å². The highest BCUT2D eigenvalue weighted by molar-refractivity contribution is 6.06. The predicted molar refractivity (Wildman–Crippen MR) is 104 cm³/mol. The number of hydrogen-bond acceptors (Lipinski definition) is 2. The van der Waals surface area contributed by atoms with Crippen molar-refractivity contribution in [3.05, 3.63) is 64.7 Å². The Morgan fingerprint density at radius 1 is 0.958 bits per heavy atom. The molecule has 1 N–H and O–H groups in total. The number of carbonyl (C=O) groups is 1. The van der Waals surface area contributed by atoms with E-state index in [0.29, 0.717) is 0 Å². The zero-order valence-electron chi connectivity index (χ0n) is 14.9. The standard InChI is InChI=1S/C20H26N2O.ClH/c1-5-22(6-2)14-17-12-7-8-13-18(17)20(23)21-19-15(3)10-9-11-16(19)4;/h7-13H,5-6,14H2,1-4H3,(H,21,23);1H. The fourth-order valence-electron chi connectivity index (χ4n) is 2.76. The van der Waals surface area contributed by atoms with E-state index in [0.717, 1.165) is 47.6 Å². The maximum atomic E-state index is 12.8. The molecule has 24 heavy (non-hydrogen) atoms. The highest BCUT2D eigenvalue weighted by atomic mass is 35.5. The van der Waals surface area contributed by atoms with Crippen molar-refractivity contribution in [1.29, 1.82) is 0 Å². The van der Waals surface area contributed by atoms with Gasteiger partial charge >= 0.3 is 0 Å². The van der Waals surface area contributed by atoms with Gasteiger partial charge in [0.15, 0.2) is 0 Å². The van der Waals surface area contributed by atoms with Crippen LogP contribution in [0.25, 0.3) is 0 Å². The zero-order chi connectivity index (χ0) is 16.8. The average molecular weight is 347 g/mol. The molecule has 0 aliphatic heterocycles. The number of halogens is 1. The molecule has 1 amide bonds. The topological polar surface area (TPSA) is 32.3 Å². The number of anilines is 1. The minimum Gasteiger partial charge on any atom is -0.321 e. The van der Waals surface area contributed by atoms with Gasteiger partial charge in [0.2, 0.25) is 0 Å². The van der Waals surface area contributed by atoms with E-state index in [1.54, 1.807) is 0 Å². The lowest BCUT2D eigenvalue weighted by atomic mass is 10.0. The van der Waals surface area contributed by atoms with Gasteiger partial charge in [0.25, 0.3) is 5.91 Å². The Bertz CT molecular complexity index is 661. The SMILES string of the molecule is CCN(CC)Cc1ccccc1C(=O)Nc1c(C)cccc1C.Cl. The summed E-state index contributed by atoms with van der Waals surface area (Å²) in [5.41, 5.74) is 4.90. The Kier molecular flexibility index (Phi) is 7.96. The normalized spacial score (nSPS) is 10.4. The lowest BCUT2D eigenvalue weighted by Crippen LogP contribution is -2.24. The molecule has 0 unspecified atom stereocenters. The smallest absolute Gasteiger partial charge is 0.256 e. The van der Waals surface area contributed by atoms with Crippen LogP contribution in [0, 0.1) is 13.8 Å².